The number of hydrogen-bond acceptors (Lipinski definition) is 1. The van der Waals surface area contributed by atoms with Crippen molar-refractivity contribution in [2.75, 3.05) is 6.61 Å². The van der Waals surface area contributed by atoms with Crippen LogP contribution < -0.4 is 4.74 Å². The molecule has 0 saturated heterocycles. The van der Waals surface area contributed by atoms with Crippen LogP contribution in [-0.2, 0) is 0 Å². The first-order valence-corrected chi connectivity index (χ1v) is 8.06. The normalized spacial score (nSPS) is 21.9. The van der Waals surface area contributed by atoms with E-state index in [0.29, 0.717) is 18.4 Å². The zero-order valence-corrected chi connectivity index (χ0v) is 13.3. The topological polar surface area (TPSA) is 9.23 Å². The summed E-state index contributed by atoms with van der Waals surface area (Å²) in [7, 11) is 0. The molecule has 0 heterocycles. The minimum Gasteiger partial charge on any atom is -0.494 e. The molecule has 0 bridgehead atoms. The van der Waals surface area contributed by atoms with Gasteiger partial charge in [-0.15, -0.1) is 11.6 Å². The summed E-state index contributed by atoms with van der Waals surface area (Å²) in [6.45, 7) is 4.79. The second-order valence-corrected chi connectivity index (χ2v) is 6.26. The highest BCUT2D eigenvalue weighted by molar-refractivity contribution is 6.21. The molecule has 3 unspecified atom stereocenters. The summed E-state index contributed by atoms with van der Waals surface area (Å²) in [5, 5.41) is 0.0247. The van der Waals surface area contributed by atoms with Crippen molar-refractivity contribution in [3.8, 4) is 5.75 Å². The lowest BCUT2D eigenvalue weighted by Crippen LogP contribution is -2.02. The van der Waals surface area contributed by atoms with Crippen LogP contribution in [0.1, 0.15) is 41.3 Å². The van der Waals surface area contributed by atoms with Gasteiger partial charge in [-0.2, -0.15) is 0 Å². The van der Waals surface area contributed by atoms with Crippen molar-refractivity contribution in [2.45, 2.75) is 31.6 Å². The van der Waals surface area contributed by atoms with Gasteiger partial charge in [0.25, 0.3) is 0 Å². The first kappa shape index (κ1) is 14.5. The number of benzene rings is 2. The van der Waals surface area contributed by atoms with Crippen LogP contribution in [0.25, 0.3) is 0 Å². The Labute approximate surface area is 131 Å². The van der Waals surface area contributed by atoms with Crippen molar-refractivity contribution in [2.24, 2.45) is 5.92 Å². The number of rotatable bonds is 5. The Morgan fingerprint density at radius 3 is 2.67 bits per heavy atom. The zero-order chi connectivity index (χ0) is 14.8. The molecule has 0 N–H and O–H groups in total. The van der Waals surface area contributed by atoms with E-state index in [0.717, 1.165) is 17.7 Å². The van der Waals surface area contributed by atoms with E-state index in [9.17, 15) is 0 Å². The van der Waals surface area contributed by atoms with Crippen molar-refractivity contribution < 1.29 is 4.74 Å². The molecule has 0 aromatic heterocycles. The second-order valence-electron chi connectivity index (χ2n) is 5.79. The van der Waals surface area contributed by atoms with E-state index in [4.69, 9.17) is 16.3 Å². The molecular weight excluding hydrogens is 280 g/mol. The number of ether oxygens (including phenoxy) is 1. The van der Waals surface area contributed by atoms with Gasteiger partial charge in [-0.1, -0.05) is 48.0 Å². The third-order valence-electron chi connectivity index (χ3n) is 4.21. The van der Waals surface area contributed by atoms with Crippen LogP contribution in [0.3, 0.4) is 0 Å². The van der Waals surface area contributed by atoms with E-state index >= 15 is 0 Å². The lowest BCUT2D eigenvalue weighted by atomic mass is 10.0. The quantitative estimate of drug-likeness (QED) is 0.665. The Hall–Kier alpha value is -1.47. The molecule has 0 aliphatic heterocycles. The molecule has 1 aliphatic carbocycles. The van der Waals surface area contributed by atoms with Gasteiger partial charge in [-0.25, -0.2) is 0 Å². The fraction of sp³-hybridized carbons (Fsp3) is 0.368. The summed E-state index contributed by atoms with van der Waals surface area (Å²) in [5.74, 6) is 2.03. The summed E-state index contributed by atoms with van der Waals surface area (Å²) in [5.41, 5.74) is 3.77. The van der Waals surface area contributed by atoms with Crippen LogP contribution in [0.5, 0.6) is 5.75 Å². The van der Waals surface area contributed by atoms with Gasteiger partial charge in [0, 0.05) is 5.56 Å². The first-order valence-electron chi connectivity index (χ1n) is 7.63. The van der Waals surface area contributed by atoms with Crippen LogP contribution in [0.15, 0.2) is 48.5 Å². The highest BCUT2D eigenvalue weighted by Gasteiger charge is 2.44. The summed E-state index contributed by atoms with van der Waals surface area (Å²) in [6.07, 6.45) is 1.16. The molecule has 0 radical (unpaired) electrons. The molecule has 0 spiro atoms. The van der Waals surface area contributed by atoms with E-state index < -0.39 is 0 Å². The second kappa shape index (κ2) is 6.11. The van der Waals surface area contributed by atoms with Crippen LogP contribution in [-0.4, -0.2) is 6.61 Å². The highest BCUT2D eigenvalue weighted by Crippen LogP contribution is 2.57. The molecule has 2 heteroatoms. The maximum absolute atomic E-state index is 6.78. The molecule has 21 heavy (non-hydrogen) atoms. The standard InChI is InChI=1S/C19H21ClO/c1-3-21-18-10-9-13(2)11-17(18)19(20)16-12-15(16)14-7-5-4-6-8-14/h4-11,15-16,19H,3,12H2,1-2H3. The molecule has 1 aliphatic rings. The van der Waals surface area contributed by atoms with Gasteiger partial charge in [-0.05, 0) is 43.7 Å². The minimum atomic E-state index is 0.0247. The first-order chi connectivity index (χ1) is 10.2. The van der Waals surface area contributed by atoms with E-state index in [1.165, 1.54) is 11.1 Å². The Morgan fingerprint density at radius 2 is 1.95 bits per heavy atom. The smallest absolute Gasteiger partial charge is 0.123 e. The predicted molar refractivity (Wildman–Crippen MR) is 88.2 cm³/mol. The molecule has 3 rings (SSSR count). The van der Waals surface area contributed by atoms with E-state index in [1.54, 1.807) is 0 Å². The molecular formula is C19H21ClO. The fourth-order valence-corrected chi connectivity index (χ4v) is 3.47. The predicted octanol–water partition coefficient (Wildman–Crippen LogP) is 5.48. The van der Waals surface area contributed by atoms with Crippen LogP contribution in [0.4, 0.5) is 0 Å². The maximum Gasteiger partial charge on any atom is 0.123 e. The molecule has 2 aromatic carbocycles. The summed E-state index contributed by atoms with van der Waals surface area (Å²) in [4.78, 5) is 0. The van der Waals surface area contributed by atoms with Gasteiger partial charge in [0.2, 0.25) is 0 Å². The fourth-order valence-electron chi connectivity index (χ4n) is 3.02. The van der Waals surface area contributed by atoms with Crippen LogP contribution >= 0.6 is 11.6 Å². The monoisotopic (exact) mass is 300 g/mol. The van der Waals surface area contributed by atoms with Crippen molar-refractivity contribution in [1.29, 1.82) is 0 Å². The molecule has 3 atom stereocenters. The summed E-state index contributed by atoms with van der Waals surface area (Å²) >= 11 is 6.78. The van der Waals surface area contributed by atoms with E-state index in [2.05, 4.69) is 49.4 Å². The van der Waals surface area contributed by atoms with Crippen LogP contribution in [0, 0.1) is 12.8 Å². The molecule has 0 amide bonds. The zero-order valence-electron chi connectivity index (χ0n) is 12.6. The van der Waals surface area contributed by atoms with E-state index in [1.807, 2.05) is 13.0 Å². The SMILES string of the molecule is CCOc1ccc(C)cc1C(Cl)C1CC1c1ccccc1. The van der Waals surface area contributed by atoms with Crippen molar-refractivity contribution in [1.82, 2.24) is 0 Å². The van der Waals surface area contributed by atoms with Gasteiger partial charge in [-0.3, -0.25) is 0 Å². The van der Waals surface area contributed by atoms with Crippen molar-refractivity contribution >= 4 is 11.6 Å². The molecule has 2 aromatic rings. The van der Waals surface area contributed by atoms with Gasteiger partial charge < -0.3 is 4.74 Å². The lowest BCUT2D eigenvalue weighted by molar-refractivity contribution is 0.335. The summed E-state index contributed by atoms with van der Waals surface area (Å²) in [6, 6.07) is 17.0. The molecule has 110 valence electrons. The van der Waals surface area contributed by atoms with Crippen molar-refractivity contribution in [3.05, 3.63) is 65.2 Å². The Kier molecular flexibility index (Phi) is 4.21. The van der Waals surface area contributed by atoms with Crippen molar-refractivity contribution in [3.63, 3.8) is 0 Å². The Balaban J connectivity index is 1.80. The number of alkyl halides is 1. The van der Waals surface area contributed by atoms with Gasteiger partial charge in [0.15, 0.2) is 0 Å². The lowest BCUT2D eigenvalue weighted by Gasteiger charge is -2.16. The van der Waals surface area contributed by atoms with Gasteiger partial charge in [0.05, 0.1) is 12.0 Å². The Bertz CT molecular complexity index is 608. The number of halogens is 1. The number of hydrogen-bond donors (Lipinski definition) is 0. The third-order valence-corrected chi connectivity index (χ3v) is 4.76. The molecule has 1 nitrogen and oxygen atoms in total. The largest absolute Gasteiger partial charge is 0.494 e. The minimum absolute atomic E-state index is 0.0247. The maximum atomic E-state index is 6.78. The van der Waals surface area contributed by atoms with Gasteiger partial charge in [0.1, 0.15) is 5.75 Å². The van der Waals surface area contributed by atoms with Crippen LogP contribution in [0.2, 0.25) is 0 Å². The molecule has 1 fully saturated rings. The van der Waals surface area contributed by atoms with Gasteiger partial charge >= 0.3 is 0 Å². The average molecular weight is 301 g/mol. The Morgan fingerprint density at radius 1 is 1.19 bits per heavy atom. The summed E-state index contributed by atoms with van der Waals surface area (Å²) < 4.78 is 5.75. The number of aryl methyl sites for hydroxylation is 1. The van der Waals surface area contributed by atoms with E-state index in [-0.39, 0.29) is 5.38 Å². The average Bonchev–Trinajstić information content (AvgIpc) is 3.30. The third kappa shape index (κ3) is 3.08. The molecule has 1 saturated carbocycles. The highest BCUT2D eigenvalue weighted by atomic mass is 35.5.